The van der Waals surface area contributed by atoms with E-state index in [0.29, 0.717) is 47.9 Å². The van der Waals surface area contributed by atoms with Gasteiger partial charge in [0.25, 0.3) is 5.91 Å². The van der Waals surface area contributed by atoms with Gasteiger partial charge in [0.15, 0.2) is 11.6 Å². The molecule has 2 heterocycles. The van der Waals surface area contributed by atoms with Gasteiger partial charge in [0.1, 0.15) is 18.0 Å². The standard InChI is InChI=1S/C19H16F3N5O/c20-13-6-15(22)16(7-14(13)21)27-5-4-10(8-27)26-19-12-3-1-2-11(18(23)28)17(12)24-9-25-19/h1-3,6-7,9-10H,4-5,8H2,(H2,23,28)(H,24,25,26). The zero-order valence-corrected chi connectivity index (χ0v) is 14.6. The number of amides is 1. The first-order valence-electron chi connectivity index (χ1n) is 8.63. The van der Waals surface area contributed by atoms with Crippen LogP contribution in [-0.2, 0) is 0 Å². The number of carbonyl (C=O) groups is 1. The van der Waals surface area contributed by atoms with Crippen LogP contribution >= 0.6 is 0 Å². The number of nitrogens with two attached hydrogens (primary N) is 1. The summed E-state index contributed by atoms with van der Waals surface area (Å²) in [4.78, 5) is 21.6. The van der Waals surface area contributed by atoms with E-state index >= 15 is 0 Å². The third-order valence-corrected chi connectivity index (χ3v) is 4.79. The number of benzene rings is 2. The first-order chi connectivity index (χ1) is 13.4. The van der Waals surface area contributed by atoms with E-state index in [9.17, 15) is 18.0 Å². The number of para-hydroxylation sites is 1. The minimum Gasteiger partial charge on any atom is -0.367 e. The number of nitrogens with zero attached hydrogens (tertiary/aromatic N) is 3. The van der Waals surface area contributed by atoms with Crippen LogP contribution in [0.4, 0.5) is 24.7 Å². The van der Waals surface area contributed by atoms with Crippen LogP contribution in [0.15, 0.2) is 36.7 Å². The molecule has 0 bridgehead atoms. The summed E-state index contributed by atoms with van der Waals surface area (Å²) in [5.41, 5.74) is 6.14. The Bertz CT molecular complexity index is 1070. The number of primary amides is 1. The number of halogens is 3. The van der Waals surface area contributed by atoms with Crippen molar-refractivity contribution >= 4 is 28.3 Å². The number of nitrogens with one attached hydrogen (secondary N) is 1. The van der Waals surface area contributed by atoms with E-state index in [0.717, 1.165) is 6.07 Å². The molecular weight excluding hydrogens is 371 g/mol. The Kier molecular flexibility index (Phi) is 4.50. The van der Waals surface area contributed by atoms with Gasteiger partial charge in [-0.3, -0.25) is 4.79 Å². The van der Waals surface area contributed by atoms with E-state index in [4.69, 9.17) is 5.73 Å². The van der Waals surface area contributed by atoms with Gasteiger partial charge in [-0.25, -0.2) is 23.1 Å². The number of hydrogen-bond acceptors (Lipinski definition) is 5. The lowest BCUT2D eigenvalue weighted by Crippen LogP contribution is -2.27. The number of fused-ring (bicyclic) bond motifs is 1. The van der Waals surface area contributed by atoms with Crippen LogP contribution in [0, 0.1) is 17.5 Å². The molecule has 1 aliphatic heterocycles. The predicted octanol–water partition coefficient (Wildman–Crippen LogP) is 2.84. The molecule has 4 rings (SSSR count). The predicted molar refractivity (Wildman–Crippen MR) is 98.6 cm³/mol. The zero-order chi connectivity index (χ0) is 19.8. The van der Waals surface area contributed by atoms with Crippen molar-refractivity contribution in [2.75, 3.05) is 23.3 Å². The molecule has 28 heavy (non-hydrogen) atoms. The van der Waals surface area contributed by atoms with Gasteiger partial charge in [0, 0.05) is 36.7 Å². The Hall–Kier alpha value is -3.36. The summed E-state index contributed by atoms with van der Waals surface area (Å²) in [5, 5.41) is 3.90. The molecule has 1 unspecified atom stereocenters. The second-order valence-corrected chi connectivity index (χ2v) is 6.58. The molecule has 3 aromatic rings. The number of rotatable bonds is 4. The molecule has 0 radical (unpaired) electrons. The molecule has 0 spiro atoms. The molecule has 6 nitrogen and oxygen atoms in total. The van der Waals surface area contributed by atoms with Gasteiger partial charge in [0.2, 0.25) is 0 Å². The molecule has 0 aliphatic carbocycles. The van der Waals surface area contributed by atoms with Crippen molar-refractivity contribution in [2.45, 2.75) is 12.5 Å². The minimum atomic E-state index is -1.21. The first kappa shape index (κ1) is 18.0. The summed E-state index contributed by atoms with van der Waals surface area (Å²) >= 11 is 0. The first-order valence-corrected chi connectivity index (χ1v) is 8.63. The van der Waals surface area contributed by atoms with Crippen molar-refractivity contribution in [2.24, 2.45) is 5.73 Å². The molecule has 1 saturated heterocycles. The van der Waals surface area contributed by atoms with Crippen LogP contribution in [0.2, 0.25) is 0 Å². The molecular formula is C19H16F3N5O. The lowest BCUT2D eigenvalue weighted by molar-refractivity contribution is 0.100. The summed E-state index contributed by atoms with van der Waals surface area (Å²) < 4.78 is 40.7. The molecule has 1 fully saturated rings. The van der Waals surface area contributed by atoms with E-state index in [-0.39, 0.29) is 11.7 Å². The minimum absolute atomic E-state index is 0.0201. The van der Waals surface area contributed by atoms with Crippen LogP contribution < -0.4 is 16.0 Å². The highest BCUT2D eigenvalue weighted by Crippen LogP contribution is 2.28. The second kappa shape index (κ2) is 6.99. The molecule has 1 amide bonds. The Balaban J connectivity index is 1.58. The average Bonchev–Trinajstić information content (AvgIpc) is 3.12. The van der Waals surface area contributed by atoms with Crippen molar-refractivity contribution in [1.29, 1.82) is 0 Å². The number of carbonyl (C=O) groups excluding carboxylic acids is 1. The summed E-state index contributed by atoms with van der Waals surface area (Å²) in [6, 6.07) is 6.36. The molecule has 1 atom stereocenters. The van der Waals surface area contributed by atoms with E-state index in [1.165, 1.54) is 6.33 Å². The largest absolute Gasteiger partial charge is 0.367 e. The third-order valence-electron chi connectivity index (χ3n) is 4.79. The van der Waals surface area contributed by atoms with Crippen molar-refractivity contribution in [1.82, 2.24) is 9.97 Å². The van der Waals surface area contributed by atoms with Crippen molar-refractivity contribution < 1.29 is 18.0 Å². The van der Waals surface area contributed by atoms with E-state index < -0.39 is 23.4 Å². The monoisotopic (exact) mass is 387 g/mol. The molecule has 1 aliphatic rings. The maximum Gasteiger partial charge on any atom is 0.250 e. The van der Waals surface area contributed by atoms with Crippen LogP contribution in [0.1, 0.15) is 16.8 Å². The quantitative estimate of drug-likeness (QED) is 0.673. The normalized spacial score (nSPS) is 16.5. The van der Waals surface area contributed by atoms with Gasteiger partial charge in [0.05, 0.1) is 16.8 Å². The highest BCUT2D eigenvalue weighted by atomic mass is 19.2. The maximum absolute atomic E-state index is 14.0. The summed E-state index contributed by atoms with van der Waals surface area (Å²) in [7, 11) is 0. The molecule has 144 valence electrons. The van der Waals surface area contributed by atoms with Crippen molar-refractivity contribution in [3.63, 3.8) is 0 Å². The topological polar surface area (TPSA) is 84.1 Å². The Morgan fingerprint density at radius 1 is 1.14 bits per heavy atom. The average molecular weight is 387 g/mol. The fraction of sp³-hybridized carbons (Fsp3) is 0.211. The van der Waals surface area contributed by atoms with Gasteiger partial charge in [-0.2, -0.15) is 0 Å². The Morgan fingerprint density at radius 3 is 2.71 bits per heavy atom. The SMILES string of the molecule is NC(=O)c1cccc2c(NC3CCN(c4cc(F)c(F)cc4F)C3)ncnc12. The van der Waals surface area contributed by atoms with Gasteiger partial charge in [-0.05, 0) is 18.6 Å². The highest BCUT2D eigenvalue weighted by molar-refractivity contribution is 6.06. The van der Waals surface area contributed by atoms with Gasteiger partial charge in [-0.1, -0.05) is 6.07 Å². The van der Waals surface area contributed by atoms with Crippen LogP contribution in [0.3, 0.4) is 0 Å². The smallest absolute Gasteiger partial charge is 0.250 e. The zero-order valence-electron chi connectivity index (χ0n) is 14.6. The van der Waals surface area contributed by atoms with Crippen molar-refractivity contribution in [3.05, 3.63) is 59.7 Å². The number of anilines is 2. The summed E-state index contributed by atoms with van der Waals surface area (Å²) in [6.07, 6.45) is 1.97. The third kappa shape index (κ3) is 3.19. The van der Waals surface area contributed by atoms with Gasteiger partial charge in [-0.15, -0.1) is 0 Å². The molecule has 9 heteroatoms. The van der Waals surface area contributed by atoms with E-state index in [1.54, 1.807) is 23.1 Å². The lowest BCUT2D eigenvalue weighted by atomic mass is 10.1. The second-order valence-electron chi connectivity index (χ2n) is 6.58. The number of hydrogen-bond donors (Lipinski definition) is 2. The fourth-order valence-corrected chi connectivity index (χ4v) is 3.45. The Labute approximate surface area is 158 Å². The molecule has 2 aromatic carbocycles. The fourth-order valence-electron chi connectivity index (χ4n) is 3.45. The highest BCUT2D eigenvalue weighted by Gasteiger charge is 2.26. The van der Waals surface area contributed by atoms with Gasteiger partial charge < -0.3 is 16.0 Å². The van der Waals surface area contributed by atoms with Crippen LogP contribution in [-0.4, -0.2) is 35.0 Å². The van der Waals surface area contributed by atoms with Crippen LogP contribution in [0.5, 0.6) is 0 Å². The lowest BCUT2D eigenvalue weighted by Gasteiger charge is -2.20. The molecule has 0 saturated carbocycles. The summed E-state index contributed by atoms with van der Waals surface area (Å²) in [5.74, 6) is -3.18. The van der Waals surface area contributed by atoms with Crippen molar-refractivity contribution in [3.8, 4) is 0 Å². The van der Waals surface area contributed by atoms with Gasteiger partial charge >= 0.3 is 0 Å². The summed E-state index contributed by atoms with van der Waals surface area (Å²) in [6.45, 7) is 0.845. The number of aromatic nitrogens is 2. The Morgan fingerprint density at radius 2 is 1.93 bits per heavy atom. The molecule has 1 aromatic heterocycles. The van der Waals surface area contributed by atoms with E-state index in [2.05, 4.69) is 15.3 Å². The maximum atomic E-state index is 14.0. The van der Waals surface area contributed by atoms with E-state index in [1.807, 2.05) is 0 Å². The molecule has 3 N–H and O–H groups in total. The van der Waals surface area contributed by atoms with Crippen LogP contribution in [0.25, 0.3) is 10.9 Å².